The van der Waals surface area contributed by atoms with E-state index in [1.54, 1.807) is 6.92 Å². The second kappa shape index (κ2) is 4.13. The fourth-order valence-corrected chi connectivity index (χ4v) is 0.993. The van der Waals surface area contributed by atoms with Crippen LogP contribution in [-0.4, -0.2) is 16.4 Å². The molecule has 0 heterocycles. The number of carbonyl (C=O) groups is 1. The number of alkyl halides is 1. The predicted molar refractivity (Wildman–Crippen MR) is 48.7 cm³/mol. The summed E-state index contributed by atoms with van der Waals surface area (Å²) < 4.78 is 9.60. The zero-order chi connectivity index (χ0) is 8.27. The topological polar surface area (TPSA) is 35.5 Å². The van der Waals surface area contributed by atoms with Gasteiger partial charge in [-0.2, -0.15) is 0 Å². The molecule has 11 heavy (non-hydrogen) atoms. The van der Waals surface area contributed by atoms with Gasteiger partial charge in [0.2, 0.25) is 0 Å². The van der Waals surface area contributed by atoms with Crippen molar-refractivity contribution in [2.75, 3.05) is 0 Å². The zero-order valence-electron chi connectivity index (χ0n) is 6.38. The van der Waals surface area contributed by atoms with Gasteiger partial charge < -0.3 is 9.47 Å². The van der Waals surface area contributed by atoms with Gasteiger partial charge in [-0.3, -0.25) is 0 Å². The maximum atomic E-state index is 10.8. The van der Waals surface area contributed by atoms with E-state index in [9.17, 15) is 4.79 Å². The van der Waals surface area contributed by atoms with Gasteiger partial charge in [0.15, 0.2) is 4.11 Å². The summed E-state index contributed by atoms with van der Waals surface area (Å²) in [5, 5.41) is 0. The maximum absolute atomic E-state index is 10.8. The van der Waals surface area contributed by atoms with Gasteiger partial charge in [-0.05, 0) is 48.8 Å². The van der Waals surface area contributed by atoms with Crippen molar-refractivity contribution in [2.45, 2.75) is 36.4 Å². The number of ether oxygens (including phenoxy) is 2. The first-order valence-electron chi connectivity index (χ1n) is 3.70. The lowest BCUT2D eigenvalue weighted by Gasteiger charge is -2.24. The van der Waals surface area contributed by atoms with Gasteiger partial charge in [-0.25, -0.2) is 4.79 Å². The summed E-state index contributed by atoms with van der Waals surface area (Å²) in [4.78, 5) is 10.8. The van der Waals surface area contributed by atoms with Crippen molar-refractivity contribution in [3.05, 3.63) is 0 Å². The minimum absolute atomic E-state index is 0.111. The van der Waals surface area contributed by atoms with Crippen molar-refractivity contribution in [3.63, 3.8) is 0 Å². The summed E-state index contributed by atoms with van der Waals surface area (Å²) in [5.74, 6) is 0. The molecule has 1 rings (SSSR count). The number of hydrogen-bond donors (Lipinski definition) is 0. The van der Waals surface area contributed by atoms with Crippen molar-refractivity contribution in [2.24, 2.45) is 0 Å². The Kier molecular flexibility index (Phi) is 3.42. The van der Waals surface area contributed by atoms with Crippen LogP contribution in [0.25, 0.3) is 0 Å². The van der Waals surface area contributed by atoms with Crippen LogP contribution in [0.1, 0.15) is 26.2 Å². The molecular weight excluding hydrogens is 259 g/mol. The first-order valence-corrected chi connectivity index (χ1v) is 4.94. The predicted octanol–water partition coefficient (Wildman–Crippen LogP) is 2.47. The highest BCUT2D eigenvalue weighted by Crippen LogP contribution is 2.22. The molecule has 64 valence electrons. The molecule has 0 saturated heterocycles. The second-order valence-corrected chi connectivity index (χ2v) is 4.34. The summed E-state index contributed by atoms with van der Waals surface area (Å²) in [6, 6.07) is 0. The van der Waals surface area contributed by atoms with Crippen molar-refractivity contribution in [1.82, 2.24) is 0 Å². The Hall–Kier alpha value is 0. The van der Waals surface area contributed by atoms with E-state index in [1.165, 1.54) is 0 Å². The van der Waals surface area contributed by atoms with Gasteiger partial charge >= 0.3 is 6.16 Å². The van der Waals surface area contributed by atoms with E-state index in [0.717, 1.165) is 19.3 Å². The Balaban J connectivity index is 2.09. The molecule has 0 spiro atoms. The lowest BCUT2D eigenvalue weighted by molar-refractivity contribution is -0.00419. The van der Waals surface area contributed by atoms with Crippen LogP contribution in [0.5, 0.6) is 0 Å². The van der Waals surface area contributed by atoms with Crippen molar-refractivity contribution < 1.29 is 14.3 Å². The highest BCUT2D eigenvalue weighted by Gasteiger charge is 2.22. The molecule has 1 saturated carbocycles. The molecule has 1 fully saturated rings. The highest BCUT2D eigenvalue weighted by molar-refractivity contribution is 14.1. The Morgan fingerprint density at radius 2 is 2.27 bits per heavy atom. The molecule has 0 bridgehead atoms. The van der Waals surface area contributed by atoms with E-state index >= 15 is 0 Å². The molecule has 0 aromatic heterocycles. The molecule has 1 unspecified atom stereocenters. The van der Waals surface area contributed by atoms with Crippen LogP contribution in [0.4, 0.5) is 4.79 Å². The normalized spacial score (nSPS) is 20.2. The van der Waals surface area contributed by atoms with E-state index in [4.69, 9.17) is 9.47 Å². The van der Waals surface area contributed by atoms with E-state index in [-0.39, 0.29) is 10.2 Å². The number of hydrogen-bond acceptors (Lipinski definition) is 3. The third-order valence-corrected chi connectivity index (χ3v) is 1.83. The number of halogens is 1. The van der Waals surface area contributed by atoms with E-state index in [2.05, 4.69) is 0 Å². The molecule has 3 nitrogen and oxygen atoms in total. The third-order valence-electron chi connectivity index (χ3n) is 1.57. The van der Waals surface area contributed by atoms with Crippen LogP contribution in [-0.2, 0) is 9.47 Å². The first kappa shape index (κ1) is 9.09. The first-order chi connectivity index (χ1) is 5.18. The summed E-state index contributed by atoms with van der Waals surface area (Å²) in [5.41, 5.74) is 0. The van der Waals surface area contributed by atoms with Gasteiger partial charge in [-0.15, -0.1) is 0 Å². The largest absolute Gasteiger partial charge is 0.509 e. The van der Waals surface area contributed by atoms with Gasteiger partial charge in [0.1, 0.15) is 6.10 Å². The van der Waals surface area contributed by atoms with Gasteiger partial charge in [0, 0.05) is 0 Å². The molecule has 4 heteroatoms. The van der Waals surface area contributed by atoms with E-state index < -0.39 is 6.16 Å². The van der Waals surface area contributed by atoms with Crippen molar-refractivity contribution in [3.8, 4) is 0 Å². The summed E-state index contributed by atoms with van der Waals surface area (Å²) in [7, 11) is 0. The molecule has 0 amide bonds. The fraction of sp³-hybridized carbons (Fsp3) is 0.857. The molecule has 1 aliphatic rings. The number of carbonyl (C=O) groups excluding carboxylic acids is 1. The van der Waals surface area contributed by atoms with Crippen molar-refractivity contribution >= 4 is 28.7 Å². The standard InChI is InChI=1S/C7H11IO3/c1-5(8)10-7(9)11-6-3-2-4-6/h5-6H,2-4H2,1H3. The summed E-state index contributed by atoms with van der Waals surface area (Å²) >= 11 is 2.01. The Bertz CT molecular complexity index is 143. The second-order valence-electron chi connectivity index (χ2n) is 2.58. The maximum Gasteiger partial charge on any atom is 0.509 e. The molecule has 0 radical (unpaired) electrons. The summed E-state index contributed by atoms with van der Waals surface area (Å²) in [6.45, 7) is 1.79. The Morgan fingerprint density at radius 1 is 1.64 bits per heavy atom. The number of rotatable bonds is 2. The SMILES string of the molecule is CC(I)OC(=O)OC1CCC1. The monoisotopic (exact) mass is 270 g/mol. The fourth-order valence-electron chi connectivity index (χ4n) is 0.785. The van der Waals surface area contributed by atoms with Crippen LogP contribution < -0.4 is 0 Å². The molecule has 1 aliphatic carbocycles. The quantitative estimate of drug-likeness (QED) is 0.439. The van der Waals surface area contributed by atoms with E-state index in [0.29, 0.717) is 0 Å². The van der Waals surface area contributed by atoms with Gasteiger partial charge in [-0.1, -0.05) is 0 Å². The van der Waals surface area contributed by atoms with Crippen LogP contribution >= 0.6 is 22.6 Å². The van der Waals surface area contributed by atoms with Gasteiger partial charge in [0.25, 0.3) is 0 Å². The lowest BCUT2D eigenvalue weighted by atomic mass is 9.96. The van der Waals surface area contributed by atoms with Gasteiger partial charge in [0.05, 0.1) is 0 Å². The third kappa shape index (κ3) is 3.27. The Morgan fingerprint density at radius 3 is 2.64 bits per heavy atom. The minimum Gasteiger partial charge on any atom is -0.431 e. The minimum atomic E-state index is -0.531. The molecule has 1 atom stereocenters. The lowest BCUT2D eigenvalue weighted by Crippen LogP contribution is -2.26. The average Bonchev–Trinajstić information content (AvgIpc) is 1.77. The molecule has 0 aromatic carbocycles. The average molecular weight is 270 g/mol. The smallest absolute Gasteiger partial charge is 0.431 e. The highest BCUT2D eigenvalue weighted by atomic mass is 127. The Labute approximate surface area is 79.6 Å². The molecule has 0 N–H and O–H groups in total. The summed E-state index contributed by atoms with van der Waals surface area (Å²) in [6.07, 6.45) is 2.74. The van der Waals surface area contributed by atoms with Crippen LogP contribution in [0.15, 0.2) is 0 Å². The molecule has 0 aliphatic heterocycles. The zero-order valence-corrected chi connectivity index (χ0v) is 8.54. The van der Waals surface area contributed by atoms with E-state index in [1.807, 2.05) is 22.6 Å². The van der Waals surface area contributed by atoms with Crippen molar-refractivity contribution in [1.29, 1.82) is 0 Å². The van der Waals surface area contributed by atoms with Crippen LogP contribution in [0.3, 0.4) is 0 Å². The molecular formula is C7H11IO3. The molecule has 0 aromatic rings. The van der Waals surface area contributed by atoms with Crippen LogP contribution in [0.2, 0.25) is 0 Å². The van der Waals surface area contributed by atoms with Crippen LogP contribution in [0, 0.1) is 0 Å².